The van der Waals surface area contributed by atoms with E-state index in [1.807, 2.05) is 31.2 Å². The Morgan fingerprint density at radius 2 is 2.05 bits per heavy atom. The summed E-state index contributed by atoms with van der Waals surface area (Å²) in [4.78, 5) is 16.7. The van der Waals surface area contributed by atoms with Crippen LogP contribution in [0.15, 0.2) is 30.3 Å². The van der Waals surface area contributed by atoms with E-state index in [1.54, 1.807) is 6.07 Å². The number of hydrogen-bond acceptors (Lipinski definition) is 3. The highest BCUT2D eigenvalue weighted by Crippen LogP contribution is 2.24. The molecular formula is C16H17ClN2O2. The van der Waals surface area contributed by atoms with Gasteiger partial charge >= 0.3 is 0 Å². The Kier molecular flexibility index (Phi) is 3.83. The number of rotatable bonds is 2. The van der Waals surface area contributed by atoms with Crippen LogP contribution in [-0.2, 0) is 4.74 Å². The quantitative estimate of drug-likeness (QED) is 0.867. The molecule has 4 nitrogen and oxygen atoms in total. The molecule has 5 heteroatoms. The van der Waals surface area contributed by atoms with Gasteiger partial charge in [0.2, 0.25) is 0 Å². The second kappa shape index (κ2) is 5.62. The minimum atomic E-state index is -0.241. The van der Waals surface area contributed by atoms with Gasteiger partial charge in [-0.3, -0.25) is 4.79 Å². The molecule has 2 heterocycles. The highest BCUT2D eigenvalue weighted by molar-refractivity contribution is 6.34. The van der Waals surface area contributed by atoms with E-state index in [9.17, 15) is 4.79 Å². The van der Waals surface area contributed by atoms with Crippen molar-refractivity contribution >= 4 is 28.3 Å². The average Bonchev–Trinajstić information content (AvgIpc) is 2.47. The maximum atomic E-state index is 12.4. The molecule has 0 spiro atoms. The molecule has 1 N–H and O–H groups in total. The predicted octanol–water partition coefficient (Wildman–Crippen LogP) is 3.19. The van der Waals surface area contributed by atoms with Crippen LogP contribution in [-0.4, -0.2) is 29.6 Å². The fourth-order valence-electron chi connectivity index (χ4n) is 2.56. The molecule has 0 saturated carbocycles. The third-order valence-electron chi connectivity index (χ3n) is 3.94. The van der Waals surface area contributed by atoms with Crippen molar-refractivity contribution in [1.82, 2.24) is 10.3 Å². The number of amides is 1. The maximum absolute atomic E-state index is 12.4. The summed E-state index contributed by atoms with van der Waals surface area (Å²) in [5, 5.41) is 5.19. The Labute approximate surface area is 128 Å². The number of pyridine rings is 1. The summed E-state index contributed by atoms with van der Waals surface area (Å²) in [5.74, 6) is -0.188. The Morgan fingerprint density at radius 3 is 2.81 bits per heavy atom. The number of ether oxygens (including phenoxy) is 1. The van der Waals surface area contributed by atoms with Crippen molar-refractivity contribution in [3.05, 3.63) is 41.2 Å². The van der Waals surface area contributed by atoms with Crippen LogP contribution in [0.4, 0.5) is 0 Å². The number of benzene rings is 1. The molecule has 2 aromatic rings. The highest BCUT2D eigenvalue weighted by Gasteiger charge is 2.29. The van der Waals surface area contributed by atoms with Crippen molar-refractivity contribution in [2.24, 2.45) is 0 Å². The molecule has 1 aliphatic heterocycles. The van der Waals surface area contributed by atoms with Gasteiger partial charge in [0, 0.05) is 24.1 Å². The Morgan fingerprint density at radius 1 is 1.33 bits per heavy atom. The summed E-state index contributed by atoms with van der Waals surface area (Å²) in [7, 11) is 0. The lowest BCUT2D eigenvalue weighted by Gasteiger charge is -2.34. The van der Waals surface area contributed by atoms with Crippen LogP contribution in [0, 0.1) is 0 Å². The average molecular weight is 305 g/mol. The van der Waals surface area contributed by atoms with Crippen molar-refractivity contribution in [2.75, 3.05) is 13.2 Å². The first-order chi connectivity index (χ1) is 10.1. The third-order valence-corrected chi connectivity index (χ3v) is 4.23. The number of carbonyl (C=O) groups excluding carboxylic acids is 1. The third kappa shape index (κ3) is 3.01. The molecule has 21 heavy (non-hydrogen) atoms. The molecular weight excluding hydrogens is 288 g/mol. The fraction of sp³-hybridized carbons (Fsp3) is 0.375. The van der Waals surface area contributed by atoms with Gasteiger partial charge in [-0.1, -0.05) is 35.9 Å². The lowest BCUT2D eigenvalue weighted by atomic mass is 9.92. The highest BCUT2D eigenvalue weighted by atomic mass is 35.5. The molecule has 1 fully saturated rings. The molecule has 1 aliphatic rings. The molecule has 3 rings (SSSR count). The van der Waals surface area contributed by atoms with Crippen LogP contribution in [0.3, 0.4) is 0 Å². The zero-order chi connectivity index (χ0) is 14.9. The van der Waals surface area contributed by atoms with Crippen molar-refractivity contribution in [3.8, 4) is 0 Å². The largest absolute Gasteiger partial charge is 0.381 e. The summed E-state index contributed by atoms with van der Waals surface area (Å²) in [6.45, 7) is 3.38. The van der Waals surface area contributed by atoms with Gasteiger partial charge in [0.1, 0.15) is 10.8 Å². The Hall–Kier alpha value is -1.65. The molecule has 0 radical (unpaired) electrons. The maximum Gasteiger partial charge on any atom is 0.270 e. The minimum absolute atomic E-state index is 0.188. The van der Waals surface area contributed by atoms with E-state index in [0.29, 0.717) is 24.1 Å². The van der Waals surface area contributed by atoms with Crippen molar-refractivity contribution < 1.29 is 9.53 Å². The van der Waals surface area contributed by atoms with Gasteiger partial charge in [-0.25, -0.2) is 4.98 Å². The number of aromatic nitrogens is 1. The molecule has 1 aromatic carbocycles. The van der Waals surface area contributed by atoms with Gasteiger partial charge in [0.25, 0.3) is 5.91 Å². The number of fused-ring (bicyclic) bond motifs is 1. The number of halogens is 1. The molecule has 110 valence electrons. The van der Waals surface area contributed by atoms with Gasteiger partial charge in [-0.2, -0.15) is 0 Å². The summed E-state index contributed by atoms with van der Waals surface area (Å²) >= 11 is 6.17. The van der Waals surface area contributed by atoms with E-state index >= 15 is 0 Å². The van der Waals surface area contributed by atoms with E-state index in [0.717, 1.165) is 23.6 Å². The fourth-order valence-corrected chi connectivity index (χ4v) is 2.82. The van der Waals surface area contributed by atoms with Crippen molar-refractivity contribution in [1.29, 1.82) is 0 Å². The first-order valence-electron chi connectivity index (χ1n) is 7.03. The number of nitrogens with one attached hydrogen (secondary N) is 1. The molecule has 1 amide bonds. The second-order valence-corrected chi connectivity index (χ2v) is 6.00. The van der Waals surface area contributed by atoms with E-state index < -0.39 is 0 Å². The first-order valence-corrected chi connectivity index (χ1v) is 7.41. The van der Waals surface area contributed by atoms with Crippen LogP contribution in [0.5, 0.6) is 0 Å². The van der Waals surface area contributed by atoms with Gasteiger partial charge in [-0.05, 0) is 31.2 Å². The lowest BCUT2D eigenvalue weighted by Crippen LogP contribution is -2.49. The van der Waals surface area contributed by atoms with Crippen LogP contribution in [0.1, 0.15) is 30.3 Å². The van der Waals surface area contributed by atoms with Gasteiger partial charge < -0.3 is 10.1 Å². The van der Waals surface area contributed by atoms with E-state index in [1.165, 1.54) is 0 Å². The summed E-state index contributed by atoms with van der Waals surface area (Å²) in [6.07, 6.45) is 1.61. The second-order valence-electron chi connectivity index (χ2n) is 5.65. The van der Waals surface area contributed by atoms with Crippen molar-refractivity contribution in [2.45, 2.75) is 25.3 Å². The predicted molar refractivity (Wildman–Crippen MR) is 82.7 cm³/mol. The smallest absolute Gasteiger partial charge is 0.270 e. The molecule has 1 saturated heterocycles. The molecule has 1 aromatic heterocycles. The minimum Gasteiger partial charge on any atom is -0.381 e. The zero-order valence-electron chi connectivity index (χ0n) is 11.9. The number of nitrogens with zero attached hydrogens (tertiary/aromatic N) is 1. The summed E-state index contributed by atoms with van der Waals surface area (Å²) in [5.41, 5.74) is 0.112. The molecule has 0 atom stereocenters. The molecule has 0 bridgehead atoms. The SMILES string of the molecule is CC1(NC(=O)c2cc3ccccc3c(Cl)n2)CCOCC1. The summed E-state index contributed by atoms with van der Waals surface area (Å²) < 4.78 is 5.34. The van der Waals surface area contributed by atoms with Crippen molar-refractivity contribution in [3.63, 3.8) is 0 Å². The standard InChI is InChI=1S/C16H17ClN2O2/c1-16(6-8-21-9-7-16)19-15(20)13-10-11-4-2-3-5-12(11)14(17)18-13/h2-5,10H,6-9H2,1H3,(H,19,20). The van der Waals surface area contributed by atoms with Crippen LogP contribution < -0.4 is 5.32 Å². The van der Waals surface area contributed by atoms with Gasteiger partial charge in [-0.15, -0.1) is 0 Å². The topological polar surface area (TPSA) is 51.2 Å². The first kappa shape index (κ1) is 14.3. The zero-order valence-corrected chi connectivity index (χ0v) is 12.6. The summed E-state index contributed by atoms with van der Waals surface area (Å²) in [6, 6.07) is 9.42. The van der Waals surface area contributed by atoms with Crippen LogP contribution >= 0.6 is 11.6 Å². The number of hydrogen-bond donors (Lipinski definition) is 1. The van der Waals surface area contributed by atoms with E-state index in [-0.39, 0.29) is 11.4 Å². The lowest BCUT2D eigenvalue weighted by molar-refractivity contribution is 0.0421. The van der Waals surface area contributed by atoms with E-state index in [2.05, 4.69) is 10.3 Å². The molecule has 0 unspecified atom stereocenters. The Balaban J connectivity index is 1.87. The van der Waals surface area contributed by atoms with Gasteiger partial charge in [0.05, 0.1) is 0 Å². The Bertz CT molecular complexity index is 681. The number of carbonyl (C=O) groups is 1. The monoisotopic (exact) mass is 304 g/mol. The van der Waals surface area contributed by atoms with Gasteiger partial charge in [0.15, 0.2) is 0 Å². The normalized spacial score (nSPS) is 17.6. The molecule has 0 aliphatic carbocycles. The van der Waals surface area contributed by atoms with E-state index in [4.69, 9.17) is 16.3 Å². The van der Waals surface area contributed by atoms with Crippen LogP contribution in [0.25, 0.3) is 10.8 Å². The van der Waals surface area contributed by atoms with Crippen LogP contribution in [0.2, 0.25) is 5.15 Å².